The number of aliphatic hydroxyl groups is 2. The number of aryl methyl sites for hydroxylation is 2. The third-order valence-electron chi connectivity index (χ3n) is 8.06. The van der Waals surface area contributed by atoms with Gasteiger partial charge >= 0.3 is 5.97 Å². The zero-order valence-corrected chi connectivity index (χ0v) is 24.6. The van der Waals surface area contributed by atoms with Crippen LogP contribution in [0.15, 0.2) is 53.6 Å². The van der Waals surface area contributed by atoms with Gasteiger partial charge in [-0.05, 0) is 48.7 Å². The number of carbonyl (C=O) groups excluding carboxylic acids is 1. The summed E-state index contributed by atoms with van der Waals surface area (Å²) in [6, 6.07) is 11.4. The van der Waals surface area contributed by atoms with Gasteiger partial charge in [0.15, 0.2) is 24.5 Å². The van der Waals surface area contributed by atoms with Crippen molar-refractivity contribution in [3.63, 3.8) is 0 Å². The first-order valence-corrected chi connectivity index (χ1v) is 13.7. The van der Waals surface area contributed by atoms with Gasteiger partial charge in [-0.25, -0.2) is 14.3 Å². The Hall–Kier alpha value is -3.60. The molecule has 9 nitrogen and oxygen atoms in total. The van der Waals surface area contributed by atoms with Crippen LogP contribution in [0, 0.1) is 0 Å². The zero-order chi connectivity index (χ0) is 28.0. The van der Waals surface area contributed by atoms with Crippen LogP contribution in [-0.2, 0) is 47.9 Å². The lowest BCUT2D eigenvalue weighted by molar-refractivity contribution is -0.697. The number of ether oxygens (including phenoxy) is 2. The molecule has 5 heterocycles. The molecule has 4 aromatic rings. The minimum Gasteiger partial charge on any atom is -1.00 e. The van der Waals surface area contributed by atoms with Crippen molar-refractivity contribution >= 4 is 16.9 Å². The molecule has 41 heavy (non-hydrogen) atoms. The predicted octanol–water partition coefficient (Wildman–Crippen LogP) is -0.105. The molecule has 1 aromatic carbocycles. The largest absolute Gasteiger partial charge is 1.00 e. The molecule has 0 fully saturated rings. The molecular formula is C31H32BrN3O6. The second kappa shape index (κ2) is 11.3. The molecule has 0 amide bonds. The lowest BCUT2D eigenvalue weighted by atomic mass is 9.86. The normalized spacial score (nSPS) is 16.9. The van der Waals surface area contributed by atoms with Crippen LogP contribution in [0.4, 0.5) is 0 Å². The maximum atomic E-state index is 13.5. The highest BCUT2D eigenvalue weighted by Crippen LogP contribution is 2.40. The zero-order valence-electron chi connectivity index (χ0n) is 23.0. The highest BCUT2D eigenvalue weighted by molar-refractivity contribution is 5.90. The molecule has 0 bridgehead atoms. The Kier molecular flexibility index (Phi) is 8.00. The molecule has 1 atom stereocenters. The number of pyridine rings is 3. The third-order valence-corrected chi connectivity index (χ3v) is 8.06. The second-order valence-electron chi connectivity index (χ2n) is 10.4. The molecule has 214 valence electrons. The number of halogens is 1. The highest BCUT2D eigenvalue weighted by atomic mass is 79.9. The lowest BCUT2D eigenvalue weighted by Gasteiger charge is -2.31. The van der Waals surface area contributed by atoms with E-state index in [4.69, 9.17) is 14.5 Å². The van der Waals surface area contributed by atoms with Crippen molar-refractivity contribution in [2.24, 2.45) is 0 Å². The van der Waals surface area contributed by atoms with E-state index in [9.17, 15) is 19.8 Å². The number of benzene rings is 1. The SMILES string of the molecule is CCc1c2c(nc3ccc(OCCC[n+]4cccc(CO)c4)cc13)-c1cc3c(c(=O)n1C2)COC(=O)[C@]3(O)CC.[Br-]. The number of aromatic nitrogens is 3. The first kappa shape index (κ1) is 28.9. The van der Waals surface area contributed by atoms with E-state index in [0.29, 0.717) is 35.7 Å². The fourth-order valence-electron chi connectivity index (χ4n) is 5.88. The quantitative estimate of drug-likeness (QED) is 0.141. The monoisotopic (exact) mass is 621 g/mol. The maximum absolute atomic E-state index is 13.5. The van der Waals surface area contributed by atoms with Gasteiger partial charge < -0.3 is 41.2 Å². The Morgan fingerprint density at radius 3 is 2.76 bits per heavy atom. The van der Waals surface area contributed by atoms with Crippen LogP contribution in [-0.4, -0.2) is 32.3 Å². The van der Waals surface area contributed by atoms with E-state index >= 15 is 0 Å². The molecule has 2 N–H and O–H groups in total. The first-order valence-electron chi connectivity index (χ1n) is 13.7. The summed E-state index contributed by atoms with van der Waals surface area (Å²) in [5, 5.41) is 21.4. The standard InChI is InChI=1S/C31H32N3O6.BrH/c1-3-21-22-13-20(39-12-6-11-33-10-5-7-19(15-33)17-35)8-9-26(22)32-28-23(21)16-34-27(28)14-25-24(29(34)36)18-40-30(37)31(25,38)4-2;/h5,7-10,13-15,35,38H,3-4,6,11-12,16-18H2,1-2H3;1H/q+1;/p-1/t31-;/m0./s1. The Balaban J connectivity index is 0.00000337. The highest BCUT2D eigenvalue weighted by Gasteiger charge is 2.45. The van der Waals surface area contributed by atoms with Gasteiger partial charge in [0.1, 0.15) is 12.4 Å². The topological polar surface area (TPSA) is 115 Å². The van der Waals surface area contributed by atoms with Crippen LogP contribution in [0.2, 0.25) is 0 Å². The van der Waals surface area contributed by atoms with Crippen LogP contribution in [0.1, 0.15) is 54.5 Å². The van der Waals surface area contributed by atoms with E-state index in [1.165, 1.54) is 0 Å². The molecule has 0 aliphatic carbocycles. The third kappa shape index (κ3) is 4.83. The van der Waals surface area contributed by atoms with Gasteiger partial charge in [0.2, 0.25) is 0 Å². The fourth-order valence-corrected chi connectivity index (χ4v) is 5.88. The summed E-state index contributed by atoms with van der Waals surface area (Å²) in [5.74, 6) is 0.0282. The van der Waals surface area contributed by atoms with Crippen LogP contribution in [0.5, 0.6) is 5.75 Å². The van der Waals surface area contributed by atoms with Gasteiger partial charge in [-0.15, -0.1) is 0 Å². The molecule has 0 saturated heterocycles. The minimum absolute atomic E-state index is 0. The van der Waals surface area contributed by atoms with Crippen molar-refractivity contribution in [3.8, 4) is 17.1 Å². The summed E-state index contributed by atoms with van der Waals surface area (Å²) in [7, 11) is 0. The summed E-state index contributed by atoms with van der Waals surface area (Å²) < 4.78 is 15.0. The summed E-state index contributed by atoms with van der Waals surface area (Å²) in [6.45, 7) is 5.34. The number of carbonyl (C=O) groups is 1. The minimum atomic E-state index is -1.85. The van der Waals surface area contributed by atoms with Crippen molar-refractivity contribution in [1.29, 1.82) is 0 Å². The van der Waals surface area contributed by atoms with E-state index in [-0.39, 0.29) is 42.2 Å². The number of cyclic esters (lactones) is 1. The molecule has 0 saturated carbocycles. The Bertz CT molecular complexity index is 1720. The van der Waals surface area contributed by atoms with Gasteiger partial charge in [0.25, 0.3) is 5.56 Å². The number of nitrogens with zero attached hydrogens (tertiary/aromatic N) is 3. The number of esters is 1. The second-order valence-corrected chi connectivity index (χ2v) is 10.4. The molecule has 2 aliphatic heterocycles. The van der Waals surface area contributed by atoms with E-state index in [1.807, 2.05) is 47.3 Å². The smallest absolute Gasteiger partial charge is 0.343 e. The van der Waals surface area contributed by atoms with E-state index in [1.54, 1.807) is 17.6 Å². The Morgan fingerprint density at radius 2 is 2.00 bits per heavy atom. The van der Waals surface area contributed by atoms with Crippen LogP contribution in [0.25, 0.3) is 22.3 Å². The molecular weight excluding hydrogens is 590 g/mol. The lowest BCUT2D eigenvalue weighted by Crippen LogP contribution is -3.00. The Labute approximate surface area is 247 Å². The molecule has 0 radical (unpaired) electrons. The van der Waals surface area contributed by atoms with Crippen LogP contribution in [0.3, 0.4) is 0 Å². The van der Waals surface area contributed by atoms with Crippen molar-refractivity contribution in [2.45, 2.75) is 65.0 Å². The van der Waals surface area contributed by atoms with Crippen LogP contribution >= 0.6 is 0 Å². The number of hydrogen-bond donors (Lipinski definition) is 2. The first-order chi connectivity index (χ1) is 19.4. The average Bonchev–Trinajstić information content (AvgIpc) is 3.35. The summed E-state index contributed by atoms with van der Waals surface area (Å²) >= 11 is 0. The summed E-state index contributed by atoms with van der Waals surface area (Å²) in [6.07, 6.45) is 5.56. The average molecular weight is 623 g/mol. The predicted molar refractivity (Wildman–Crippen MR) is 147 cm³/mol. The number of rotatable bonds is 8. The molecule has 3 aromatic heterocycles. The van der Waals surface area contributed by atoms with E-state index < -0.39 is 11.6 Å². The van der Waals surface area contributed by atoms with Crippen LogP contribution < -0.4 is 31.8 Å². The van der Waals surface area contributed by atoms with Crippen molar-refractivity contribution in [3.05, 3.63) is 87.0 Å². The van der Waals surface area contributed by atoms with E-state index in [0.717, 1.165) is 52.7 Å². The van der Waals surface area contributed by atoms with Gasteiger partial charge in [0.05, 0.1) is 42.2 Å². The Morgan fingerprint density at radius 1 is 1.17 bits per heavy atom. The molecule has 0 spiro atoms. The molecule has 2 aliphatic rings. The fraction of sp³-hybridized carbons (Fsp3) is 0.355. The van der Waals surface area contributed by atoms with Gasteiger partial charge in [-0.1, -0.05) is 13.8 Å². The molecule has 0 unspecified atom stereocenters. The van der Waals surface area contributed by atoms with Crippen molar-refractivity contribution < 1.29 is 46.0 Å². The summed E-state index contributed by atoms with van der Waals surface area (Å²) in [5.41, 5.74) is 3.59. The maximum Gasteiger partial charge on any atom is 0.343 e. The van der Waals surface area contributed by atoms with Crippen molar-refractivity contribution in [1.82, 2.24) is 9.55 Å². The number of aliphatic hydroxyl groups excluding tert-OH is 1. The number of hydrogen-bond acceptors (Lipinski definition) is 7. The molecule has 6 rings (SSSR count). The van der Waals surface area contributed by atoms with Crippen molar-refractivity contribution in [2.75, 3.05) is 6.61 Å². The van der Waals surface area contributed by atoms with Gasteiger partial charge in [0, 0.05) is 34.6 Å². The molecule has 10 heteroatoms. The van der Waals surface area contributed by atoms with Gasteiger partial charge in [-0.2, -0.15) is 0 Å². The number of fused-ring (bicyclic) bond motifs is 5. The van der Waals surface area contributed by atoms with E-state index in [2.05, 4.69) is 6.92 Å². The summed E-state index contributed by atoms with van der Waals surface area (Å²) in [4.78, 5) is 30.9. The van der Waals surface area contributed by atoms with Gasteiger partial charge in [-0.3, -0.25) is 4.79 Å².